The molecule has 5 heteroatoms. The second kappa shape index (κ2) is 4.25. The Labute approximate surface area is 83.5 Å². The molecule has 0 saturated carbocycles. The maximum absolute atomic E-state index is 11.6. The van der Waals surface area contributed by atoms with E-state index in [1.807, 2.05) is 6.92 Å². The van der Waals surface area contributed by atoms with Crippen molar-refractivity contribution in [2.24, 2.45) is 5.73 Å². The van der Waals surface area contributed by atoms with Crippen molar-refractivity contribution in [2.75, 3.05) is 19.8 Å². The Morgan fingerprint density at radius 1 is 1.57 bits per heavy atom. The minimum atomic E-state index is -0.828. The van der Waals surface area contributed by atoms with Crippen LogP contribution >= 0.6 is 0 Å². The SMILES string of the molecule is CCC(CO)(CO)N1CCC(N)C1=O. The number of aliphatic hydroxyl groups excluding tert-OH is 2. The number of aliphatic hydroxyl groups is 2. The zero-order valence-electron chi connectivity index (χ0n) is 8.44. The summed E-state index contributed by atoms with van der Waals surface area (Å²) < 4.78 is 0. The second-order valence-electron chi connectivity index (χ2n) is 3.78. The topological polar surface area (TPSA) is 86.8 Å². The fraction of sp³-hybridized carbons (Fsp3) is 0.889. The summed E-state index contributed by atoms with van der Waals surface area (Å²) in [5, 5.41) is 18.5. The lowest BCUT2D eigenvalue weighted by Gasteiger charge is -2.38. The molecule has 0 bridgehead atoms. The number of hydrogen-bond donors (Lipinski definition) is 3. The van der Waals surface area contributed by atoms with E-state index in [0.29, 0.717) is 19.4 Å². The van der Waals surface area contributed by atoms with Crippen LogP contribution in [0.5, 0.6) is 0 Å². The molecule has 1 aliphatic heterocycles. The van der Waals surface area contributed by atoms with Gasteiger partial charge in [-0.2, -0.15) is 0 Å². The van der Waals surface area contributed by atoms with Gasteiger partial charge in [0.25, 0.3) is 0 Å². The Balaban J connectivity index is 2.84. The molecule has 82 valence electrons. The highest BCUT2D eigenvalue weighted by Gasteiger charge is 2.42. The molecule has 1 atom stereocenters. The smallest absolute Gasteiger partial charge is 0.240 e. The molecular weight excluding hydrogens is 184 g/mol. The maximum Gasteiger partial charge on any atom is 0.240 e. The molecule has 1 aliphatic rings. The molecule has 0 aliphatic carbocycles. The van der Waals surface area contributed by atoms with Crippen LogP contribution in [0.25, 0.3) is 0 Å². The van der Waals surface area contributed by atoms with Crippen molar-refractivity contribution in [3.05, 3.63) is 0 Å². The van der Waals surface area contributed by atoms with Crippen molar-refractivity contribution in [2.45, 2.75) is 31.3 Å². The first-order valence-electron chi connectivity index (χ1n) is 4.90. The zero-order valence-corrected chi connectivity index (χ0v) is 8.44. The third-order valence-corrected chi connectivity index (χ3v) is 3.07. The van der Waals surface area contributed by atoms with Crippen molar-refractivity contribution < 1.29 is 15.0 Å². The number of nitrogens with zero attached hydrogens (tertiary/aromatic N) is 1. The Morgan fingerprint density at radius 3 is 2.43 bits per heavy atom. The van der Waals surface area contributed by atoms with Crippen LogP contribution in [0.15, 0.2) is 0 Å². The monoisotopic (exact) mass is 202 g/mol. The predicted octanol–water partition coefficient (Wildman–Crippen LogP) is -1.32. The molecule has 4 N–H and O–H groups in total. The van der Waals surface area contributed by atoms with Crippen LogP contribution in [0.3, 0.4) is 0 Å². The Kier molecular flexibility index (Phi) is 3.47. The van der Waals surface area contributed by atoms with Crippen LogP contribution in [0.4, 0.5) is 0 Å². The number of carbonyl (C=O) groups excluding carboxylic acids is 1. The molecule has 0 spiro atoms. The van der Waals surface area contributed by atoms with Gasteiger partial charge in [-0.05, 0) is 12.8 Å². The average molecular weight is 202 g/mol. The van der Waals surface area contributed by atoms with Crippen molar-refractivity contribution >= 4 is 5.91 Å². The summed E-state index contributed by atoms with van der Waals surface area (Å²) in [5.41, 5.74) is 4.75. The average Bonchev–Trinajstić information content (AvgIpc) is 2.54. The third-order valence-electron chi connectivity index (χ3n) is 3.07. The van der Waals surface area contributed by atoms with E-state index in [-0.39, 0.29) is 19.1 Å². The Bertz CT molecular complexity index is 208. The van der Waals surface area contributed by atoms with Crippen LogP contribution in [-0.2, 0) is 4.79 Å². The molecule has 1 heterocycles. The van der Waals surface area contributed by atoms with Gasteiger partial charge in [0.2, 0.25) is 5.91 Å². The lowest BCUT2D eigenvalue weighted by Crippen LogP contribution is -2.56. The normalized spacial score (nSPS) is 23.3. The maximum atomic E-state index is 11.6. The largest absolute Gasteiger partial charge is 0.394 e. The van der Waals surface area contributed by atoms with E-state index in [9.17, 15) is 15.0 Å². The van der Waals surface area contributed by atoms with E-state index in [1.54, 1.807) is 0 Å². The number of nitrogens with two attached hydrogens (primary N) is 1. The van der Waals surface area contributed by atoms with E-state index >= 15 is 0 Å². The van der Waals surface area contributed by atoms with Gasteiger partial charge in [-0.25, -0.2) is 0 Å². The third kappa shape index (κ3) is 1.63. The van der Waals surface area contributed by atoms with Crippen molar-refractivity contribution in [1.82, 2.24) is 4.90 Å². The van der Waals surface area contributed by atoms with E-state index in [4.69, 9.17) is 5.73 Å². The lowest BCUT2D eigenvalue weighted by molar-refractivity contribution is -0.138. The molecule has 0 aromatic carbocycles. The van der Waals surface area contributed by atoms with Crippen LogP contribution in [-0.4, -0.2) is 52.4 Å². The summed E-state index contributed by atoms with van der Waals surface area (Å²) in [5.74, 6) is -0.171. The van der Waals surface area contributed by atoms with E-state index in [2.05, 4.69) is 0 Å². The standard InChI is InChI=1S/C9H18N2O3/c1-2-9(5-12,6-13)11-4-3-7(10)8(11)14/h7,12-13H,2-6,10H2,1H3. The van der Waals surface area contributed by atoms with Gasteiger partial charge in [-0.15, -0.1) is 0 Å². The number of hydrogen-bond acceptors (Lipinski definition) is 4. The number of amides is 1. The molecule has 5 nitrogen and oxygen atoms in total. The molecule has 1 unspecified atom stereocenters. The van der Waals surface area contributed by atoms with Gasteiger partial charge in [0, 0.05) is 6.54 Å². The van der Waals surface area contributed by atoms with Crippen molar-refractivity contribution in [3.63, 3.8) is 0 Å². The van der Waals surface area contributed by atoms with Gasteiger partial charge in [0.05, 0.1) is 24.8 Å². The fourth-order valence-corrected chi connectivity index (χ4v) is 1.81. The molecule has 1 rings (SSSR count). The molecule has 1 saturated heterocycles. The quantitative estimate of drug-likeness (QED) is 0.527. The Morgan fingerprint density at radius 2 is 2.14 bits per heavy atom. The molecule has 14 heavy (non-hydrogen) atoms. The van der Waals surface area contributed by atoms with Gasteiger partial charge in [-0.1, -0.05) is 6.92 Å². The highest BCUT2D eigenvalue weighted by atomic mass is 16.3. The van der Waals surface area contributed by atoms with Crippen molar-refractivity contribution in [1.29, 1.82) is 0 Å². The zero-order chi connectivity index (χ0) is 10.8. The Hall–Kier alpha value is -0.650. The summed E-state index contributed by atoms with van der Waals surface area (Å²) in [6, 6.07) is -0.473. The van der Waals surface area contributed by atoms with Gasteiger partial charge >= 0.3 is 0 Å². The summed E-state index contributed by atoms with van der Waals surface area (Å²) in [4.78, 5) is 13.1. The highest BCUT2D eigenvalue weighted by Crippen LogP contribution is 2.24. The first kappa shape index (κ1) is 11.4. The van der Waals surface area contributed by atoms with Crippen LogP contribution in [0.2, 0.25) is 0 Å². The number of rotatable bonds is 4. The molecule has 0 aromatic rings. The highest BCUT2D eigenvalue weighted by molar-refractivity contribution is 5.84. The summed E-state index contributed by atoms with van der Waals surface area (Å²) in [7, 11) is 0. The summed E-state index contributed by atoms with van der Waals surface area (Å²) in [6.45, 7) is 1.91. The predicted molar refractivity (Wildman–Crippen MR) is 51.5 cm³/mol. The molecular formula is C9H18N2O3. The lowest BCUT2D eigenvalue weighted by atomic mass is 9.96. The minimum Gasteiger partial charge on any atom is -0.394 e. The van der Waals surface area contributed by atoms with Crippen molar-refractivity contribution in [3.8, 4) is 0 Å². The number of likely N-dealkylation sites (tertiary alicyclic amines) is 1. The van der Waals surface area contributed by atoms with Crippen LogP contribution in [0.1, 0.15) is 19.8 Å². The minimum absolute atomic E-state index is 0.171. The van der Waals surface area contributed by atoms with Gasteiger partial charge in [0.15, 0.2) is 0 Å². The fourth-order valence-electron chi connectivity index (χ4n) is 1.81. The van der Waals surface area contributed by atoms with Gasteiger partial charge < -0.3 is 20.8 Å². The van der Waals surface area contributed by atoms with Gasteiger partial charge in [0.1, 0.15) is 0 Å². The second-order valence-corrected chi connectivity index (χ2v) is 3.78. The van der Waals surface area contributed by atoms with E-state index < -0.39 is 11.6 Å². The van der Waals surface area contributed by atoms with Crippen LogP contribution in [0, 0.1) is 0 Å². The first-order valence-corrected chi connectivity index (χ1v) is 4.90. The molecule has 1 fully saturated rings. The molecule has 1 amide bonds. The van der Waals surface area contributed by atoms with E-state index in [1.165, 1.54) is 4.90 Å². The molecule has 0 aromatic heterocycles. The van der Waals surface area contributed by atoms with E-state index in [0.717, 1.165) is 0 Å². The molecule has 0 radical (unpaired) electrons. The number of carbonyl (C=O) groups is 1. The summed E-state index contributed by atoms with van der Waals surface area (Å²) >= 11 is 0. The summed E-state index contributed by atoms with van der Waals surface area (Å²) in [6.07, 6.45) is 1.12. The first-order chi connectivity index (χ1) is 6.61. The van der Waals surface area contributed by atoms with Gasteiger partial charge in [-0.3, -0.25) is 4.79 Å². The van der Waals surface area contributed by atoms with Crippen LogP contribution < -0.4 is 5.73 Å².